The molecule has 0 aromatic rings. The minimum atomic E-state index is -0.802. The van der Waals surface area contributed by atoms with Crippen molar-refractivity contribution in [3.63, 3.8) is 0 Å². The number of imide groups is 1. The molecule has 0 bridgehead atoms. The maximum absolute atomic E-state index is 11.9. The van der Waals surface area contributed by atoms with E-state index >= 15 is 0 Å². The molecular weight excluding hydrogens is 208 g/mol. The Kier molecular flexibility index (Phi) is 2.99. The Morgan fingerprint density at radius 1 is 1.38 bits per heavy atom. The fourth-order valence-corrected chi connectivity index (χ4v) is 2.81. The van der Waals surface area contributed by atoms with Gasteiger partial charge in [-0.05, 0) is 18.8 Å². The van der Waals surface area contributed by atoms with Crippen LogP contribution in [0.2, 0.25) is 0 Å². The third kappa shape index (κ3) is 1.74. The van der Waals surface area contributed by atoms with E-state index in [1.54, 1.807) is 0 Å². The van der Waals surface area contributed by atoms with E-state index in [1.807, 2.05) is 0 Å². The molecule has 5 nitrogen and oxygen atoms in total. The van der Waals surface area contributed by atoms with Crippen LogP contribution in [0.25, 0.3) is 0 Å². The molecule has 0 aromatic carbocycles. The number of nitrogens with two attached hydrogens (primary N) is 1. The maximum atomic E-state index is 11.9. The highest BCUT2D eigenvalue weighted by Crippen LogP contribution is 2.42. The lowest BCUT2D eigenvalue weighted by Crippen LogP contribution is -2.41. The van der Waals surface area contributed by atoms with Crippen molar-refractivity contribution in [2.75, 3.05) is 13.1 Å². The Hall–Kier alpha value is -0.940. The van der Waals surface area contributed by atoms with E-state index in [0.29, 0.717) is 5.92 Å². The molecule has 0 aromatic heterocycles. The van der Waals surface area contributed by atoms with Gasteiger partial charge in [-0.15, -0.1) is 0 Å². The number of likely N-dealkylation sites (tertiary alicyclic amines) is 1. The Balaban J connectivity index is 2.08. The molecule has 2 amide bonds. The molecule has 1 saturated carbocycles. The zero-order valence-corrected chi connectivity index (χ0v) is 9.43. The lowest BCUT2D eigenvalue weighted by molar-refractivity contribution is -0.142. The van der Waals surface area contributed by atoms with E-state index in [1.165, 1.54) is 4.90 Å². The van der Waals surface area contributed by atoms with E-state index in [4.69, 9.17) is 5.73 Å². The normalized spacial score (nSPS) is 35.7. The van der Waals surface area contributed by atoms with Crippen LogP contribution in [0.15, 0.2) is 0 Å². The second-order valence-electron chi connectivity index (χ2n) is 4.97. The molecule has 1 aliphatic carbocycles. The zero-order chi connectivity index (χ0) is 11.9. The minimum absolute atomic E-state index is 0.0511. The Morgan fingerprint density at radius 3 is 2.31 bits per heavy atom. The first kappa shape index (κ1) is 11.5. The van der Waals surface area contributed by atoms with Gasteiger partial charge in [0.25, 0.3) is 0 Å². The average molecular weight is 226 g/mol. The van der Waals surface area contributed by atoms with Crippen LogP contribution in [0.4, 0.5) is 0 Å². The largest absolute Gasteiger partial charge is 0.390 e. The first-order chi connectivity index (χ1) is 7.54. The molecule has 3 N–H and O–H groups in total. The molecule has 3 atom stereocenters. The van der Waals surface area contributed by atoms with Crippen molar-refractivity contribution in [3.05, 3.63) is 0 Å². The molecule has 0 radical (unpaired) electrons. The second kappa shape index (κ2) is 4.14. The van der Waals surface area contributed by atoms with Gasteiger partial charge >= 0.3 is 0 Å². The molecule has 5 heteroatoms. The summed E-state index contributed by atoms with van der Waals surface area (Å²) in [5, 5.41) is 9.40. The summed E-state index contributed by atoms with van der Waals surface area (Å²) < 4.78 is 0. The van der Waals surface area contributed by atoms with Crippen LogP contribution in [-0.2, 0) is 9.59 Å². The number of fused-ring (bicyclic) bond motifs is 1. The molecule has 3 unspecified atom stereocenters. The van der Waals surface area contributed by atoms with Crippen LogP contribution >= 0.6 is 0 Å². The van der Waals surface area contributed by atoms with Crippen molar-refractivity contribution in [1.82, 2.24) is 4.90 Å². The molecule has 1 aliphatic heterocycles. The summed E-state index contributed by atoms with van der Waals surface area (Å²) in [6.07, 6.45) is 0.790. The summed E-state index contributed by atoms with van der Waals surface area (Å²) in [6, 6.07) is 0. The lowest BCUT2D eigenvalue weighted by atomic mass is 10.00. The Morgan fingerprint density at radius 2 is 1.88 bits per heavy atom. The van der Waals surface area contributed by atoms with Crippen molar-refractivity contribution in [3.8, 4) is 0 Å². The van der Waals surface area contributed by atoms with Gasteiger partial charge in [-0.3, -0.25) is 14.5 Å². The summed E-state index contributed by atoms with van der Waals surface area (Å²) in [7, 11) is 0. The first-order valence-corrected chi connectivity index (χ1v) is 5.78. The van der Waals surface area contributed by atoms with E-state index in [0.717, 1.165) is 12.8 Å². The standard InChI is InChI=1S/C11H18N2O3/c1-6-2-8-9(3-6)11(16)13(10(8)15)5-7(14)4-12/h6-9,14H,2-5,12H2,1H3. The highest BCUT2D eigenvalue weighted by atomic mass is 16.3. The van der Waals surface area contributed by atoms with Gasteiger partial charge in [0.1, 0.15) is 0 Å². The Labute approximate surface area is 94.6 Å². The van der Waals surface area contributed by atoms with Crippen LogP contribution in [0.5, 0.6) is 0 Å². The predicted octanol–water partition coefficient (Wildman–Crippen LogP) is -0.663. The van der Waals surface area contributed by atoms with E-state index in [-0.39, 0.29) is 36.7 Å². The van der Waals surface area contributed by atoms with E-state index in [9.17, 15) is 14.7 Å². The molecule has 2 rings (SSSR count). The van der Waals surface area contributed by atoms with Gasteiger partial charge in [-0.1, -0.05) is 6.92 Å². The fourth-order valence-electron chi connectivity index (χ4n) is 2.81. The van der Waals surface area contributed by atoms with E-state index in [2.05, 4.69) is 6.92 Å². The van der Waals surface area contributed by atoms with Crippen molar-refractivity contribution in [2.45, 2.75) is 25.9 Å². The summed E-state index contributed by atoms with van der Waals surface area (Å²) in [6.45, 7) is 2.19. The van der Waals surface area contributed by atoms with Crippen molar-refractivity contribution < 1.29 is 14.7 Å². The van der Waals surface area contributed by atoms with Crippen LogP contribution in [0.1, 0.15) is 19.8 Å². The molecule has 90 valence electrons. The number of aliphatic hydroxyl groups excluding tert-OH is 1. The number of aliphatic hydroxyl groups is 1. The van der Waals surface area contributed by atoms with Crippen LogP contribution < -0.4 is 5.73 Å². The number of β-amino-alcohol motifs (C(OH)–C–C–N with tert-alkyl or cyclic N) is 1. The van der Waals surface area contributed by atoms with Gasteiger partial charge in [0, 0.05) is 6.54 Å². The number of hydrogen-bond donors (Lipinski definition) is 2. The van der Waals surface area contributed by atoms with Gasteiger partial charge in [0.05, 0.1) is 24.5 Å². The van der Waals surface area contributed by atoms with Crippen LogP contribution in [-0.4, -0.2) is 41.0 Å². The van der Waals surface area contributed by atoms with Crippen molar-refractivity contribution in [1.29, 1.82) is 0 Å². The summed E-state index contributed by atoms with van der Waals surface area (Å²) in [5.74, 6) is -0.0804. The third-order valence-electron chi connectivity index (χ3n) is 3.63. The highest BCUT2D eigenvalue weighted by molar-refractivity contribution is 6.05. The summed E-state index contributed by atoms with van der Waals surface area (Å²) in [5.41, 5.74) is 5.28. The minimum Gasteiger partial charge on any atom is -0.390 e. The van der Waals surface area contributed by atoms with Gasteiger partial charge < -0.3 is 10.8 Å². The van der Waals surface area contributed by atoms with Crippen LogP contribution in [0, 0.1) is 17.8 Å². The SMILES string of the molecule is CC1CC2C(=O)N(CC(O)CN)C(=O)C2C1. The molecule has 2 aliphatic rings. The number of nitrogens with zero attached hydrogens (tertiary/aromatic N) is 1. The summed E-state index contributed by atoms with van der Waals surface area (Å²) in [4.78, 5) is 25.1. The van der Waals surface area contributed by atoms with Crippen molar-refractivity contribution >= 4 is 11.8 Å². The molecular formula is C11H18N2O3. The number of amides is 2. The number of carbonyl (C=O) groups excluding carboxylic acids is 2. The molecule has 0 spiro atoms. The first-order valence-electron chi connectivity index (χ1n) is 5.78. The summed E-state index contributed by atoms with van der Waals surface area (Å²) >= 11 is 0. The number of carbonyl (C=O) groups is 2. The third-order valence-corrected chi connectivity index (χ3v) is 3.63. The topological polar surface area (TPSA) is 83.6 Å². The molecule has 16 heavy (non-hydrogen) atoms. The highest BCUT2D eigenvalue weighted by Gasteiger charge is 2.51. The maximum Gasteiger partial charge on any atom is 0.233 e. The van der Waals surface area contributed by atoms with Crippen molar-refractivity contribution in [2.24, 2.45) is 23.5 Å². The van der Waals surface area contributed by atoms with Gasteiger partial charge in [0.2, 0.25) is 11.8 Å². The second-order valence-corrected chi connectivity index (χ2v) is 4.97. The van der Waals surface area contributed by atoms with Crippen LogP contribution in [0.3, 0.4) is 0 Å². The lowest BCUT2D eigenvalue weighted by Gasteiger charge is -2.19. The monoisotopic (exact) mass is 226 g/mol. The molecule has 1 saturated heterocycles. The van der Waals surface area contributed by atoms with Gasteiger partial charge in [-0.25, -0.2) is 0 Å². The fraction of sp³-hybridized carbons (Fsp3) is 0.818. The smallest absolute Gasteiger partial charge is 0.233 e. The van der Waals surface area contributed by atoms with E-state index < -0.39 is 6.10 Å². The molecule has 2 fully saturated rings. The number of hydrogen-bond acceptors (Lipinski definition) is 4. The zero-order valence-electron chi connectivity index (χ0n) is 9.43. The average Bonchev–Trinajstić information content (AvgIpc) is 2.73. The van der Waals surface area contributed by atoms with Gasteiger partial charge in [-0.2, -0.15) is 0 Å². The van der Waals surface area contributed by atoms with Gasteiger partial charge in [0.15, 0.2) is 0 Å². The Bertz CT molecular complexity index is 294. The number of rotatable bonds is 3. The molecule has 1 heterocycles. The predicted molar refractivity (Wildman–Crippen MR) is 57.2 cm³/mol. The quantitative estimate of drug-likeness (QED) is 0.626.